The Labute approximate surface area is 168 Å². The number of carbonyl (C=O) groups is 1. The molecular formula is C25H40OSi. The highest BCUT2D eigenvalue weighted by Crippen LogP contribution is 2.52. The van der Waals surface area contributed by atoms with Crippen LogP contribution in [0.3, 0.4) is 0 Å². The molecule has 0 fully saturated rings. The summed E-state index contributed by atoms with van der Waals surface area (Å²) in [4.78, 5) is 13.4. The summed E-state index contributed by atoms with van der Waals surface area (Å²) < 4.78 is 0. The van der Waals surface area contributed by atoms with Crippen LogP contribution in [0.15, 0.2) is 41.5 Å². The van der Waals surface area contributed by atoms with E-state index >= 15 is 0 Å². The van der Waals surface area contributed by atoms with Crippen molar-refractivity contribution >= 4 is 13.9 Å². The molecule has 0 heterocycles. The number of carbonyl (C=O) groups excluding carboxylic acids is 1. The highest BCUT2D eigenvalue weighted by atomic mass is 28.3. The largest absolute Gasteiger partial charge is 0.289 e. The molecule has 1 nitrogen and oxygen atoms in total. The van der Waals surface area contributed by atoms with Gasteiger partial charge in [0.15, 0.2) is 5.78 Å². The van der Waals surface area contributed by atoms with Gasteiger partial charge < -0.3 is 0 Å². The molecule has 2 rings (SSSR count). The Morgan fingerprint density at radius 3 is 2.04 bits per heavy atom. The number of hydrogen-bond donors (Lipinski definition) is 0. The maximum Gasteiger partial charge on any atom is 0.189 e. The standard InChI is InChI=1S/C25H40OSi/c1-8-9-13-22-16-23(17-27(18(2)3,19(4)5)20(6)7)24(22)25(26)21-14-11-10-12-15-21/h10-12,14-15,18-20,23H,8-9,13,16-17H2,1-7H3. The molecular weight excluding hydrogens is 344 g/mol. The van der Waals surface area contributed by atoms with Gasteiger partial charge in [-0.3, -0.25) is 4.79 Å². The quantitative estimate of drug-likeness (QED) is 0.294. The molecule has 1 aromatic rings. The number of hydrogen-bond acceptors (Lipinski definition) is 1. The first-order valence-electron chi connectivity index (χ1n) is 11.1. The number of ketones is 1. The molecule has 1 atom stereocenters. The minimum Gasteiger partial charge on any atom is -0.289 e. The minimum absolute atomic E-state index is 0.303. The molecule has 0 radical (unpaired) electrons. The predicted molar refractivity (Wildman–Crippen MR) is 121 cm³/mol. The summed E-state index contributed by atoms with van der Waals surface area (Å²) in [5.74, 6) is 0.792. The summed E-state index contributed by atoms with van der Waals surface area (Å²) >= 11 is 0. The van der Waals surface area contributed by atoms with Crippen molar-refractivity contribution in [3.05, 3.63) is 47.0 Å². The van der Waals surface area contributed by atoms with E-state index in [0.717, 1.165) is 35.0 Å². The summed E-state index contributed by atoms with van der Waals surface area (Å²) in [6.45, 7) is 16.9. The summed E-state index contributed by atoms with van der Waals surface area (Å²) in [5, 5.41) is 0. The number of benzene rings is 1. The number of allylic oxidation sites excluding steroid dienone is 2. The van der Waals surface area contributed by atoms with E-state index in [4.69, 9.17) is 0 Å². The van der Waals surface area contributed by atoms with Gasteiger partial charge in [0.25, 0.3) is 0 Å². The fourth-order valence-electron chi connectivity index (χ4n) is 5.69. The third-order valence-electron chi connectivity index (χ3n) is 7.22. The summed E-state index contributed by atoms with van der Waals surface area (Å²) in [7, 11) is -1.50. The molecule has 1 aromatic carbocycles. The van der Waals surface area contributed by atoms with Crippen LogP contribution in [-0.4, -0.2) is 13.9 Å². The second kappa shape index (κ2) is 9.36. The lowest BCUT2D eigenvalue weighted by molar-refractivity contribution is 0.101. The van der Waals surface area contributed by atoms with Gasteiger partial charge in [-0.15, -0.1) is 0 Å². The molecule has 0 aliphatic heterocycles. The highest BCUT2D eigenvalue weighted by molar-refractivity contribution is 6.83. The van der Waals surface area contributed by atoms with Gasteiger partial charge in [-0.1, -0.05) is 107 Å². The van der Waals surface area contributed by atoms with E-state index in [2.05, 4.69) is 48.5 Å². The Bertz CT molecular complexity index is 632. The van der Waals surface area contributed by atoms with Crippen LogP contribution in [0, 0.1) is 5.92 Å². The molecule has 0 saturated heterocycles. The molecule has 0 N–H and O–H groups in total. The first-order chi connectivity index (χ1) is 12.8. The lowest BCUT2D eigenvalue weighted by Crippen LogP contribution is -2.47. The van der Waals surface area contributed by atoms with Crippen molar-refractivity contribution in [2.75, 3.05) is 0 Å². The van der Waals surface area contributed by atoms with Crippen molar-refractivity contribution in [1.29, 1.82) is 0 Å². The second-order valence-electron chi connectivity index (χ2n) is 9.50. The first-order valence-corrected chi connectivity index (χ1v) is 13.5. The molecule has 150 valence electrons. The van der Waals surface area contributed by atoms with Gasteiger partial charge in [-0.05, 0) is 31.2 Å². The SMILES string of the molecule is CCCCC1=C(C(=O)c2ccccc2)C(C[Si](C(C)C)(C(C)C)C(C)C)C1. The molecule has 0 aromatic heterocycles. The van der Waals surface area contributed by atoms with Crippen molar-refractivity contribution < 1.29 is 4.79 Å². The van der Waals surface area contributed by atoms with E-state index in [1.165, 1.54) is 30.0 Å². The summed E-state index contributed by atoms with van der Waals surface area (Å²) in [6.07, 6.45) is 4.67. The second-order valence-corrected chi connectivity index (χ2v) is 15.6. The number of rotatable bonds is 10. The van der Waals surface area contributed by atoms with E-state index in [0.29, 0.717) is 11.7 Å². The van der Waals surface area contributed by atoms with Crippen molar-refractivity contribution in [3.8, 4) is 0 Å². The molecule has 1 unspecified atom stereocenters. The van der Waals surface area contributed by atoms with Crippen molar-refractivity contribution in [2.45, 2.75) is 96.8 Å². The molecule has 2 heteroatoms. The van der Waals surface area contributed by atoms with Gasteiger partial charge in [-0.2, -0.15) is 0 Å². The molecule has 0 spiro atoms. The summed E-state index contributed by atoms with van der Waals surface area (Å²) in [5.41, 5.74) is 5.78. The van der Waals surface area contributed by atoms with Crippen LogP contribution in [0.4, 0.5) is 0 Å². The molecule has 27 heavy (non-hydrogen) atoms. The van der Waals surface area contributed by atoms with Crippen molar-refractivity contribution in [1.82, 2.24) is 0 Å². The summed E-state index contributed by atoms with van der Waals surface area (Å²) in [6, 6.07) is 11.2. The van der Waals surface area contributed by atoms with Crippen LogP contribution in [0.25, 0.3) is 0 Å². The fraction of sp³-hybridized carbons (Fsp3) is 0.640. The Balaban J connectivity index is 2.36. The third kappa shape index (κ3) is 4.47. The van der Waals surface area contributed by atoms with Gasteiger partial charge in [-0.25, -0.2) is 0 Å². The van der Waals surface area contributed by atoms with E-state index in [1.54, 1.807) is 0 Å². The average molecular weight is 385 g/mol. The van der Waals surface area contributed by atoms with Gasteiger partial charge in [0.2, 0.25) is 0 Å². The zero-order valence-electron chi connectivity index (χ0n) is 18.6. The maximum atomic E-state index is 13.4. The van der Waals surface area contributed by atoms with E-state index < -0.39 is 8.07 Å². The monoisotopic (exact) mass is 384 g/mol. The van der Waals surface area contributed by atoms with Crippen LogP contribution in [0.2, 0.25) is 22.7 Å². The maximum absolute atomic E-state index is 13.4. The van der Waals surface area contributed by atoms with Gasteiger partial charge in [0, 0.05) is 11.1 Å². The Morgan fingerprint density at radius 2 is 1.56 bits per heavy atom. The van der Waals surface area contributed by atoms with E-state index in [1.807, 2.05) is 30.3 Å². The fourth-order valence-corrected chi connectivity index (χ4v) is 12.3. The smallest absolute Gasteiger partial charge is 0.189 e. The molecule has 0 amide bonds. The van der Waals surface area contributed by atoms with Crippen LogP contribution >= 0.6 is 0 Å². The minimum atomic E-state index is -1.50. The van der Waals surface area contributed by atoms with Gasteiger partial charge in [0.1, 0.15) is 0 Å². The zero-order valence-corrected chi connectivity index (χ0v) is 19.6. The van der Waals surface area contributed by atoms with Crippen LogP contribution in [0.1, 0.15) is 84.5 Å². The van der Waals surface area contributed by atoms with Crippen LogP contribution in [-0.2, 0) is 0 Å². The normalized spacial score (nSPS) is 17.8. The number of unbranched alkanes of at least 4 members (excludes halogenated alkanes) is 1. The van der Waals surface area contributed by atoms with Gasteiger partial charge >= 0.3 is 0 Å². The Kier molecular flexibility index (Phi) is 7.68. The Hall–Kier alpha value is -1.15. The van der Waals surface area contributed by atoms with E-state index in [9.17, 15) is 4.79 Å². The highest BCUT2D eigenvalue weighted by Gasteiger charge is 2.47. The molecule has 1 aliphatic carbocycles. The molecule has 0 saturated carbocycles. The Morgan fingerprint density at radius 1 is 1.00 bits per heavy atom. The topological polar surface area (TPSA) is 17.1 Å². The molecule has 1 aliphatic rings. The van der Waals surface area contributed by atoms with Crippen molar-refractivity contribution in [3.63, 3.8) is 0 Å². The molecule has 0 bridgehead atoms. The predicted octanol–water partition coefficient (Wildman–Crippen LogP) is 8.05. The number of Topliss-reactive ketones (excluding diaryl/α,β-unsaturated/α-hetero) is 1. The lowest BCUT2D eigenvalue weighted by atomic mass is 9.73. The van der Waals surface area contributed by atoms with Crippen molar-refractivity contribution in [2.24, 2.45) is 5.92 Å². The van der Waals surface area contributed by atoms with Crippen LogP contribution in [0.5, 0.6) is 0 Å². The van der Waals surface area contributed by atoms with E-state index in [-0.39, 0.29) is 0 Å². The van der Waals surface area contributed by atoms with Gasteiger partial charge in [0.05, 0.1) is 8.07 Å². The van der Waals surface area contributed by atoms with Crippen LogP contribution < -0.4 is 0 Å². The third-order valence-corrected chi connectivity index (χ3v) is 14.9. The average Bonchev–Trinajstić information content (AvgIpc) is 2.60. The zero-order chi connectivity index (χ0) is 20.2. The lowest BCUT2D eigenvalue weighted by Gasteiger charge is -2.48. The first kappa shape index (κ1) is 22.1.